The zero-order valence-electron chi connectivity index (χ0n) is 13.3. The van der Waals surface area contributed by atoms with Gasteiger partial charge in [0.15, 0.2) is 11.8 Å². The lowest BCUT2D eigenvalue weighted by Gasteiger charge is -2.16. The molecule has 1 aromatic rings. The molecule has 1 rings (SSSR count). The Bertz CT molecular complexity index is 596. The van der Waals surface area contributed by atoms with Gasteiger partial charge in [-0.05, 0) is 26.0 Å². The molecule has 0 aromatic heterocycles. The van der Waals surface area contributed by atoms with Crippen molar-refractivity contribution in [3.63, 3.8) is 0 Å². The standard InChI is InChI=1S/C16H21NO6/c1-9-4-6-13(23-3)11(8-9)12(19)5-7-14(20)17-15(10(2)18)16(21)22/h4,6,8,10,15,18H,5,7H2,1-3H3,(H,17,20)(H,21,22). The number of amides is 1. The van der Waals surface area contributed by atoms with Crippen molar-refractivity contribution in [3.05, 3.63) is 29.3 Å². The van der Waals surface area contributed by atoms with Crippen molar-refractivity contribution in [2.24, 2.45) is 0 Å². The summed E-state index contributed by atoms with van der Waals surface area (Å²) in [6.45, 7) is 3.10. The van der Waals surface area contributed by atoms with Crippen LogP contribution < -0.4 is 10.1 Å². The number of benzene rings is 1. The number of ketones is 1. The molecule has 0 heterocycles. The number of hydrogen-bond acceptors (Lipinski definition) is 5. The van der Waals surface area contributed by atoms with Gasteiger partial charge < -0.3 is 20.3 Å². The number of nitrogens with one attached hydrogen (secondary N) is 1. The third kappa shape index (κ3) is 5.37. The molecule has 1 aromatic carbocycles. The summed E-state index contributed by atoms with van der Waals surface area (Å²) in [6.07, 6.45) is -1.49. The van der Waals surface area contributed by atoms with Crippen LogP contribution in [0.5, 0.6) is 5.75 Å². The summed E-state index contributed by atoms with van der Waals surface area (Å²) in [4.78, 5) is 34.9. The van der Waals surface area contributed by atoms with Crippen molar-refractivity contribution in [3.8, 4) is 5.75 Å². The molecule has 0 aliphatic carbocycles. The second-order valence-electron chi connectivity index (χ2n) is 5.25. The number of carbonyl (C=O) groups is 3. The van der Waals surface area contributed by atoms with Crippen LogP contribution in [0.25, 0.3) is 0 Å². The maximum absolute atomic E-state index is 12.2. The lowest BCUT2D eigenvalue weighted by atomic mass is 10.0. The van der Waals surface area contributed by atoms with Gasteiger partial charge in [-0.15, -0.1) is 0 Å². The number of aryl methyl sites for hydroxylation is 1. The minimum atomic E-state index is -1.40. The van der Waals surface area contributed by atoms with Gasteiger partial charge in [-0.25, -0.2) is 4.79 Å². The lowest BCUT2D eigenvalue weighted by Crippen LogP contribution is -2.47. The zero-order chi connectivity index (χ0) is 17.6. The van der Waals surface area contributed by atoms with E-state index < -0.39 is 24.0 Å². The number of rotatable bonds is 8. The Hall–Kier alpha value is -2.41. The zero-order valence-corrected chi connectivity index (χ0v) is 13.3. The monoisotopic (exact) mass is 323 g/mol. The molecule has 0 fully saturated rings. The molecule has 0 spiro atoms. The van der Waals surface area contributed by atoms with E-state index in [1.165, 1.54) is 14.0 Å². The Labute approximate surface area is 134 Å². The molecule has 23 heavy (non-hydrogen) atoms. The first kappa shape index (κ1) is 18.6. The number of methoxy groups -OCH3 is 1. The average Bonchev–Trinajstić information content (AvgIpc) is 2.49. The molecule has 0 aliphatic rings. The molecule has 1 amide bonds. The van der Waals surface area contributed by atoms with Crippen LogP contribution in [0.3, 0.4) is 0 Å². The molecule has 0 bridgehead atoms. The van der Waals surface area contributed by atoms with Gasteiger partial charge >= 0.3 is 5.97 Å². The molecule has 3 N–H and O–H groups in total. The van der Waals surface area contributed by atoms with Crippen LogP contribution in [0.1, 0.15) is 35.7 Å². The fourth-order valence-corrected chi connectivity index (χ4v) is 2.04. The van der Waals surface area contributed by atoms with Gasteiger partial charge in [-0.1, -0.05) is 11.6 Å². The maximum atomic E-state index is 12.2. The van der Waals surface area contributed by atoms with E-state index in [9.17, 15) is 19.5 Å². The van der Waals surface area contributed by atoms with Crippen molar-refractivity contribution in [2.45, 2.75) is 38.8 Å². The molecule has 7 heteroatoms. The van der Waals surface area contributed by atoms with Gasteiger partial charge in [-0.2, -0.15) is 0 Å². The predicted octanol–water partition coefficient (Wildman–Crippen LogP) is 0.917. The van der Waals surface area contributed by atoms with Gasteiger partial charge in [0.25, 0.3) is 0 Å². The third-order valence-electron chi connectivity index (χ3n) is 3.30. The summed E-state index contributed by atoms with van der Waals surface area (Å²) in [5.74, 6) is -1.80. The first-order valence-electron chi connectivity index (χ1n) is 7.14. The Balaban J connectivity index is 2.67. The predicted molar refractivity (Wildman–Crippen MR) is 82.5 cm³/mol. The summed E-state index contributed by atoms with van der Waals surface area (Å²) < 4.78 is 5.12. The number of aliphatic carboxylic acids is 1. The van der Waals surface area contributed by atoms with Crippen molar-refractivity contribution >= 4 is 17.7 Å². The first-order chi connectivity index (χ1) is 10.8. The number of carboxylic acid groups (broad SMARTS) is 1. The van der Waals surface area contributed by atoms with E-state index in [-0.39, 0.29) is 18.6 Å². The minimum absolute atomic E-state index is 0.0855. The summed E-state index contributed by atoms with van der Waals surface area (Å²) in [5.41, 5.74) is 1.27. The Morgan fingerprint density at radius 1 is 1.26 bits per heavy atom. The highest BCUT2D eigenvalue weighted by atomic mass is 16.5. The molecule has 2 atom stereocenters. The number of carboxylic acids is 1. The maximum Gasteiger partial charge on any atom is 0.328 e. The van der Waals surface area contributed by atoms with Gasteiger partial charge in [0.1, 0.15) is 5.75 Å². The Kier molecular flexibility index (Phi) is 6.71. The van der Waals surface area contributed by atoms with Crippen molar-refractivity contribution < 1.29 is 29.3 Å². The molecule has 0 saturated carbocycles. The Morgan fingerprint density at radius 3 is 2.43 bits per heavy atom. The van der Waals surface area contributed by atoms with E-state index >= 15 is 0 Å². The number of aliphatic hydroxyl groups is 1. The van der Waals surface area contributed by atoms with Crippen LogP contribution in [0.15, 0.2) is 18.2 Å². The summed E-state index contributed by atoms with van der Waals surface area (Å²) in [6, 6.07) is 3.76. The van der Waals surface area contributed by atoms with Crippen LogP contribution in [-0.4, -0.2) is 47.1 Å². The molecular formula is C16H21NO6. The first-order valence-corrected chi connectivity index (χ1v) is 7.14. The third-order valence-corrected chi connectivity index (χ3v) is 3.30. The van der Waals surface area contributed by atoms with E-state index in [1.807, 2.05) is 13.0 Å². The summed E-state index contributed by atoms with van der Waals surface area (Å²) in [7, 11) is 1.45. The SMILES string of the molecule is COc1ccc(C)cc1C(=O)CCC(=O)NC(C(=O)O)C(C)O. The van der Waals surface area contributed by atoms with Crippen molar-refractivity contribution in [1.29, 1.82) is 0 Å². The second-order valence-corrected chi connectivity index (χ2v) is 5.25. The molecule has 126 valence electrons. The number of hydrogen-bond donors (Lipinski definition) is 3. The van der Waals surface area contributed by atoms with E-state index in [0.717, 1.165) is 5.56 Å². The van der Waals surface area contributed by atoms with Gasteiger partial charge in [0.2, 0.25) is 5.91 Å². The molecule has 7 nitrogen and oxygen atoms in total. The lowest BCUT2D eigenvalue weighted by molar-refractivity contribution is -0.144. The summed E-state index contributed by atoms with van der Waals surface area (Å²) >= 11 is 0. The van der Waals surface area contributed by atoms with E-state index in [4.69, 9.17) is 9.84 Å². The van der Waals surface area contributed by atoms with Gasteiger partial charge in [0.05, 0.1) is 18.8 Å². The largest absolute Gasteiger partial charge is 0.496 e. The summed E-state index contributed by atoms with van der Waals surface area (Å²) in [5, 5.41) is 20.4. The van der Waals surface area contributed by atoms with Gasteiger partial charge in [0, 0.05) is 12.8 Å². The highest BCUT2D eigenvalue weighted by molar-refractivity contribution is 6.00. The smallest absolute Gasteiger partial charge is 0.328 e. The fraction of sp³-hybridized carbons (Fsp3) is 0.438. The van der Waals surface area contributed by atoms with Gasteiger partial charge in [-0.3, -0.25) is 9.59 Å². The topological polar surface area (TPSA) is 113 Å². The average molecular weight is 323 g/mol. The number of aliphatic hydroxyl groups excluding tert-OH is 1. The van der Waals surface area contributed by atoms with Crippen LogP contribution in [0.4, 0.5) is 0 Å². The Morgan fingerprint density at radius 2 is 1.91 bits per heavy atom. The minimum Gasteiger partial charge on any atom is -0.496 e. The van der Waals surface area contributed by atoms with Crippen molar-refractivity contribution in [1.82, 2.24) is 5.32 Å². The highest BCUT2D eigenvalue weighted by Gasteiger charge is 2.25. The highest BCUT2D eigenvalue weighted by Crippen LogP contribution is 2.21. The van der Waals surface area contributed by atoms with E-state index in [2.05, 4.69) is 5.32 Å². The molecule has 0 aliphatic heterocycles. The van der Waals surface area contributed by atoms with Crippen LogP contribution in [0, 0.1) is 6.92 Å². The van der Waals surface area contributed by atoms with E-state index in [1.54, 1.807) is 12.1 Å². The van der Waals surface area contributed by atoms with Crippen LogP contribution >= 0.6 is 0 Å². The molecule has 0 saturated heterocycles. The number of carbonyl (C=O) groups excluding carboxylic acids is 2. The van der Waals surface area contributed by atoms with Crippen LogP contribution in [-0.2, 0) is 9.59 Å². The van der Waals surface area contributed by atoms with Crippen molar-refractivity contribution in [2.75, 3.05) is 7.11 Å². The molecule has 0 radical (unpaired) electrons. The molecular weight excluding hydrogens is 302 g/mol. The van der Waals surface area contributed by atoms with E-state index in [0.29, 0.717) is 11.3 Å². The quantitative estimate of drug-likeness (QED) is 0.613. The number of Topliss-reactive ketones (excluding diaryl/α,β-unsaturated/α-hetero) is 1. The second kappa shape index (κ2) is 8.28. The normalized spacial score (nSPS) is 13.0. The van der Waals surface area contributed by atoms with Crippen LogP contribution in [0.2, 0.25) is 0 Å². The number of ether oxygens (including phenoxy) is 1. The fourth-order valence-electron chi connectivity index (χ4n) is 2.04. The molecule has 2 unspecified atom stereocenters.